The molecular formula is C25H30N4O. The van der Waals surface area contributed by atoms with Crippen molar-refractivity contribution in [3.63, 3.8) is 0 Å². The number of carbonyl (C=O) groups is 1. The van der Waals surface area contributed by atoms with Gasteiger partial charge in [0.2, 0.25) is 5.91 Å². The number of carbonyl (C=O) groups excluding carboxylic acids is 1. The Bertz CT molecular complexity index is 972. The van der Waals surface area contributed by atoms with Crippen LogP contribution in [0.5, 0.6) is 0 Å². The summed E-state index contributed by atoms with van der Waals surface area (Å²) in [5.41, 5.74) is 2.34. The number of benzene rings is 1. The number of amides is 1. The van der Waals surface area contributed by atoms with E-state index in [4.69, 9.17) is 4.98 Å². The third-order valence-electron chi connectivity index (χ3n) is 5.92. The van der Waals surface area contributed by atoms with Crippen molar-refractivity contribution in [2.75, 3.05) is 13.1 Å². The molecule has 156 valence electrons. The Labute approximate surface area is 178 Å². The highest BCUT2D eigenvalue weighted by Crippen LogP contribution is 2.28. The van der Waals surface area contributed by atoms with Crippen LogP contribution in [0.25, 0.3) is 5.82 Å². The Morgan fingerprint density at radius 1 is 1.07 bits per heavy atom. The average molecular weight is 403 g/mol. The summed E-state index contributed by atoms with van der Waals surface area (Å²) in [4.78, 5) is 24.1. The fourth-order valence-electron chi connectivity index (χ4n) is 4.22. The van der Waals surface area contributed by atoms with E-state index in [-0.39, 0.29) is 5.91 Å². The molecule has 1 aliphatic heterocycles. The molecule has 0 bridgehead atoms. The van der Waals surface area contributed by atoms with Crippen molar-refractivity contribution in [2.24, 2.45) is 0 Å². The van der Waals surface area contributed by atoms with Crippen LogP contribution in [-0.2, 0) is 11.2 Å². The van der Waals surface area contributed by atoms with Crippen LogP contribution in [0, 0.1) is 0 Å². The molecule has 1 saturated heterocycles. The number of imidazole rings is 1. The number of nitrogens with zero attached hydrogens (tertiary/aromatic N) is 4. The minimum absolute atomic E-state index is 0.263. The van der Waals surface area contributed by atoms with Gasteiger partial charge < -0.3 is 4.90 Å². The minimum atomic E-state index is 0.263. The first-order chi connectivity index (χ1) is 14.6. The Hall–Kier alpha value is -2.95. The predicted molar refractivity (Wildman–Crippen MR) is 119 cm³/mol. The first-order valence-corrected chi connectivity index (χ1v) is 10.9. The number of pyridine rings is 1. The zero-order valence-electron chi connectivity index (χ0n) is 17.9. The topological polar surface area (TPSA) is 51.0 Å². The first-order valence-electron chi connectivity index (χ1n) is 10.9. The number of hydrogen-bond acceptors (Lipinski definition) is 3. The van der Waals surface area contributed by atoms with E-state index in [1.54, 1.807) is 0 Å². The maximum Gasteiger partial charge on any atom is 0.222 e. The summed E-state index contributed by atoms with van der Waals surface area (Å²) < 4.78 is 2.08. The quantitative estimate of drug-likeness (QED) is 0.599. The second-order valence-electron chi connectivity index (χ2n) is 8.37. The Morgan fingerprint density at radius 3 is 2.57 bits per heavy atom. The lowest BCUT2D eigenvalue weighted by Gasteiger charge is -2.32. The van der Waals surface area contributed by atoms with Crippen molar-refractivity contribution in [1.29, 1.82) is 0 Å². The SMILES string of the molecule is CC(C)c1nccn1-c1cccc(C2CCN(C(=O)CCc3ccccc3)CC2)n1. The molecule has 0 radical (unpaired) electrons. The molecule has 0 N–H and O–H groups in total. The van der Waals surface area contributed by atoms with E-state index in [0.717, 1.165) is 49.7 Å². The highest BCUT2D eigenvalue weighted by Gasteiger charge is 2.24. The molecule has 0 aliphatic carbocycles. The fraction of sp³-hybridized carbons (Fsp3) is 0.400. The summed E-state index contributed by atoms with van der Waals surface area (Å²) in [6.45, 7) is 5.92. The fourth-order valence-corrected chi connectivity index (χ4v) is 4.22. The van der Waals surface area contributed by atoms with Gasteiger partial charge in [0, 0.05) is 49.4 Å². The molecule has 2 aromatic heterocycles. The highest BCUT2D eigenvalue weighted by atomic mass is 16.2. The van der Waals surface area contributed by atoms with Crippen LogP contribution in [0.2, 0.25) is 0 Å². The van der Waals surface area contributed by atoms with Crippen LogP contribution in [0.3, 0.4) is 0 Å². The van der Waals surface area contributed by atoms with Gasteiger partial charge in [0.1, 0.15) is 11.6 Å². The lowest BCUT2D eigenvalue weighted by Crippen LogP contribution is -2.38. The van der Waals surface area contributed by atoms with E-state index in [9.17, 15) is 4.79 Å². The molecule has 1 fully saturated rings. The molecule has 5 heteroatoms. The van der Waals surface area contributed by atoms with E-state index < -0.39 is 0 Å². The van der Waals surface area contributed by atoms with Crippen LogP contribution >= 0.6 is 0 Å². The Balaban J connectivity index is 1.36. The molecule has 1 aliphatic rings. The summed E-state index contributed by atoms with van der Waals surface area (Å²) >= 11 is 0. The zero-order valence-corrected chi connectivity index (χ0v) is 17.9. The van der Waals surface area contributed by atoms with Gasteiger partial charge in [-0.05, 0) is 37.0 Å². The Kier molecular flexibility index (Phi) is 6.26. The normalized spacial score (nSPS) is 15.0. The number of likely N-dealkylation sites (tertiary alicyclic amines) is 1. The van der Waals surface area contributed by atoms with Crippen LogP contribution in [0.1, 0.15) is 62.0 Å². The van der Waals surface area contributed by atoms with E-state index in [0.29, 0.717) is 18.3 Å². The molecular weight excluding hydrogens is 372 g/mol. The van der Waals surface area contributed by atoms with Crippen molar-refractivity contribution in [3.05, 3.63) is 78.0 Å². The van der Waals surface area contributed by atoms with E-state index in [1.807, 2.05) is 41.6 Å². The van der Waals surface area contributed by atoms with Crippen LogP contribution < -0.4 is 0 Å². The molecule has 0 saturated carbocycles. The second kappa shape index (κ2) is 9.24. The maximum atomic E-state index is 12.6. The Morgan fingerprint density at radius 2 is 1.83 bits per heavy atom. The average Bonchev–Trinajstić information content (AvgIpc) is 3.29. The number of aryl methyl sites for hydroxylation is 1. The molecule has 30 heavy (non-hydrogen) atoms. The van der Waals surface area contributed by atoms with Crippen LogP contribution in [-0.4, -0.2) is 38.4 Å². The number of piperidine rings is 1. The molecule has 5 nitrogen and oxygen atoms in total. The molecule has 0 unspecified atom stereocenters. The van der Waals surface area contributed by atoms with Gasteiger partial charge in [0.15, 0.2) is 0 Å². The van der Waals surface area contributed by atoms with Gasteiger partial charge in [-0.3, -0.25) is 9.36 Å². The summed E-state index contributed by atoms with van der Waals surface area (Å²) in [6.07, 6.45) is 7.15. The van der Waals surface area contributed by atoms with E-state index >= 15 is 0 Å². The molecule has 1 aromatic carbocycles. The van der Waals surface area contributed by atoms with Crippen molar-refractivity contribution in [2.45, 2.75) is 51.4 Å². The molecule has 3 heterocycles. The van der Waals surface area contributed by atoms with E-state index in [2.05, 4.69) is 47.7 Å². The van der Waals surface area contributed by atoms with Crippen molar-refractivity contribution >= 4 is 5.91 Å². The van der Waals surface area contributed by atoms with Crippen LogP contribution in [0.15, 0.2) is 60.9 Å². The second-order valence-corrected chi connectivity index (χ2v) is 8.37. The number of hydrogen-bond donors (Lipinski definition) is 0. The van der Waals surface area contributed by atoms with Gasteiger partial charge in [-0.1, -0.05) is 50.2 Å². The summed E-state index contributed by atoms with van der Waals surface area (Å²) in [5.74, 6) is 2.96. The number of rotatable bonds is 6. The van der Waals surface area contributed by atoms with Gasteiger partial charge in [-0.2, -0.15) is 0 Å². The smallest absolute Gasteiger partial charge is 0.222 e. The molecule has 3 aromatic rings. The molecule has 4 rings (SSSR count). The third kappa shape index (κ3) is 4.61. The van der Waals surface area contributed by atoms with Gasteiger partial charge in [-0.15, -0.1) is 0 Å². The largest absolute Gasteiger partial charge is 0.343 e. The van der Waals surface area contributed by atoms with Crippen LogP contribution in [0.4, 0.5) is 0 Å². The van der Waals surface area contributed by atoms with Gasteiger partial charge >= 0.3 is 0 Å². The van der Waals surface area contributed by atoms with Gasteiger partial charge in [0.25, 0.3) is 0 Å². The summed E-state index contributed by atoms with van der Waals surface area (Å²) in [5, 5.41) is 0. The minimum Gasteiger partial charge on any atom is -0.343 e. The van der Waals surface area contributed by atoms with Crippen molar-refractivity contribution in [1.82, 2.24) is 19.4 Å². The molecule has 1 amide bonds. The monoisotopic (exact) mass is 402 g/mol. The lowest BCUT2D eigenvalue weighted by molar-refractivity contribution is -0.132. The maximum absolute atomic E-state index is 12.6. The lowest BCUT2D eigenvalue weighted by atomic mass is 9.92. The van der Waals surface area contributed by atoms with Gasteiger partial charge in [0.05, 0.1) is 0 Å². The standard InChI is InChI=1S/C25H30N4O/c1-19(2)25-26-15-18-29(25)23-10-6-9-22(27-23)21-13-16-28(17-14-21)24(30)12-11-20-7-4-3-5-8-20/h3-10,15,18-19,21H,11-14,16-17H2,1-2H3. The summed E-state index contributed by atoms with van der Waals surface area (Å²) in [7, 11) is 0. The first kappa shape index (κ1) is 20.3. The highest BCUT2D eigenvalue weighted by molar-refractivity contribution is 5.76. The molecule has 0 spiro atoms. The predicted octanol–water partition coefficient (Wildman–Crippen LogP) is 4.73. The zero-order chi connectivity index (χ0) is 20.9. The van der Waals surface area contributed by atoms with E-state index in [1.165, 1.54) is 5.56 Å². The van der Waals surface area contributed by atoms with Crippen molar-refractivity contribution in [3.8, 4) is 5.82 Å². The third-order valence-corrected chi connectivity index (χ3v) is 5.92. The molecule has 0 atom stereocenters. The van der Waals surface area contributed by atoms with Crippen molar-refractivity contribution < 1.29 is 4.79 Å². The summed E-state index contributed by atoms with van der Waals surface area (Å²) in [6, 6.07) is 16.5. The number of aromatic nitrogens is 3. The van der Waals surface area contributed by atoms with Gasteiger partial charge in [-0.25, -0.2) is 9.97 Å².